The average molecular weight is 253 g/mol. The predicted octanol–water partition coefficient (Wildman–Crippen LogP) is 3.07. The number of rotatable bonds is 3. The Balaban J connectivity index is 2.88. The van der Waals surface area contributed by atoms with Crippen LogP contribution in [-0.4, -0.2) is 8.76 Å². The molecule has 3 nitrogen and oxygen atoms in total. The lowest BCUT2D eigenvalue weighted by Crippen LogP contribution is -2.11. The maximum atomic E-state index is 10.5. The molecule has 1 atom stereocenters. The van der Waals surface area contributed by atoms with E-state index < -0.39 is 11.3 Å². The molecule has 0 amide bonds. The van der Waals surface area contributed by atoms with E-state index in [1.54, 1.807) is 6.20 Å². The third-order valence-electron chi connectivity index (χ3n) is 2.58. The van der Waals surface area contributed by atoms with Crippen LogP contribution in [0.3, 0.4) is 0 Å². The second-order valence-corrected chi connectivity index (χ2v) is 5.76. The van der Waals surface area contributed by atoms with E-state index in [9.17, 15) is 4.21 Å². The van der Waals surface area contributed by atoms with Crippen molar-refractivity contribution in [2.45, 2.75) is 33.1 Å². The van der Waals surface area contributed by atoms with Crippen molar-refractivity contribution >= 4 is 16.8 Å². The second-order valence-electron chi connectivity index (χ2n) is 5.02. The fourth-order valence-electron chi connectivity index (χ4n) is 1.46. The first-order chi connectivity index (χ1) is 7.80. The summed E-state index contributed by atoms with van der Waals surface area (Å²) in [6, 6.07) is 8.22. The smallest absolute Gasteiger partial charge is 0.258 e. The Morgan fingerprint density at radius 3 is 2.24 bits per heavy atom. The third kappa shape index (κ3) is 4.32. The van der Waals surface area contributed by atoms with Gasteiger partial charge in [-0.15, -0.1) is 0 Å². The summed E-state index contributed by atoms with van der Waals surface area (Å²) in [6.45, 7) is 8.40. The Bertz CT molecular complexity index is 430. The molecule has 0 aliphatic rings. The van der Waals surface area contributed by atoms with Gasteiger partial charge in [-0.1, -0.05) is 45.0 Å². The van der Waals surface area contributed by atoms with Crippen LogP contribution in [0.15, 0.2) is 30.5 Å². The molecule has 2 N–H and O–H groups in total. The van der Waals surface area contributed by atoms with Crippen molar-refractivity contribution in [2.24, 2.45) is 0 Å². The van der Waals surface area contributed by atoms with Gasteiger partial charge < -0.3 is 0 Å². The molecule has 0 saturated carbocycles. The number of benzene rings is 1. The van der Waals surface area contributed by atoms with Gasteiger partial charge in [0.25, 0.3) is 11.3 Å². The number of allylic oxidation sites excluding steroid dienone is 1. The molecule has 1 aromatic rings. The lowest BCUT2D eigenvalue weighted by molar-refractivity contribution is 0.558. The highest BCUT2D eigenvalue weighted by molar-refractivity contribution is 7.77. The topological polar surface area (TPSA) is 49.3 Å². The van der Waals surface area contributed by atoms with E-state index in [-0.39, 0.29) is 5.41 Å². The molecule has 0 saturated heterocycles. The highest BCUT2D eigenvalue weighted by Gasteiger charge is 2.12. The van der Waals surface area contributed by atoms with Gasteiger partial charge in [-0.25, -0.2) is 4.21 Å². The highest BCUT2D eigenvalue weighted by atomic mass is 32.2. The maximum absolute atomic E-state index is 10.5. The van der Waals surface area contributed by atoms with Crippen LogP contribution >= 0.6 is 0 Å². The zero-order valence-electron chi connectivity index (χ0n) is 10.7. The summed E-state index contributed by atoms with van der Waals surface area (Å²) in [5.74, 6) is 0. The van der Waals surface area contributed by atoms with Crippen molar-refractivity contribution in [3.8, 4) is 0 Å². The van der Waals surface area contributed by atoms with Gasteiger partial charge in [0.1, 0.15) is 0 Å². The van der Waals surface area contributed by atoms with E-state index in [0.29, 0.717) is 0 Å². The molecule has 0 aliphatic carbocycles. The van der Waals surface area contributed by atoms with Gasteiger partial charge in [0, 0.05) is 6.20 Å². The van der Waals surface area contributed by atoms with Crippen molar-refractivity contribution in [2.75, 3.05) is 0 Å². The summed E-state index contributed by atoms with van der Waals surface area (Å²) < 4.78 is 21.4. The average Bonchev–Trinajstić information content (AvgIpc) is 2.25. The maximum Gasteiger partial charge on any atom is 0.258 e. The molecule has 0 heterocycles. The first kappa shape index (κ1) is 13.9. The molecular weight excluding hydrogens is 234 g/mol. The molecule has 0 spiro atoms. The number of nitrogens with one attached hydrogen (secondary N) is 1. The van der Waals surface area contributed by atoms with Gasteiger partial charge in [0.15, 0.2) is 0 Å². The van der Waals surface area contributed by atoms with E-state index in [2.05, 4.69) is 37.6 Å². The van der Waals surface area contributed by atoms with Crippen molar-refractivity contribution in [3.63, 3.8) is 0 Å². The summed E-state index contributed by atoms with van der Waals surface area (Å²) in [7, 11) is 0. The van der Waals surface area contributed by atoms with Crippen molar-refractivity contribution < 1.29 is 8.76 Å². The van der Waals surface area contributed by atoms with Crippen LogP contribution in [0, 0.1) is 0 Å². The zero-order chi connectivity index (χ0) is 13.1. The molecule has 94 valence electrons. The first-order valence-corrected chi connectivity index (χ1v) is 6.56. The van der Waals surface area contributed by atoms with Crippen LogP contribution in [0.5, 0.6) is 0 Å². The third-order valence-corrected chi connectivity index (χ3v) is 2.90. The first-order valence-electron chi connectivity index (χ1n) is 5.45. The molecule has 0 bridgehead atoms. The van der Waals surface area contributed by atoms with Gasteiger partial charge in [-0.05, 0) is 29.0 Å². The second kappa shape index (κ2) is 5.47. The largest absolute Gasteiger partial charge is 0.289 e. The Kier molecular flexibility index (Phi) is 4.48. The summed E-state index contributed by atoms with van der Waals surface area (Å²) in [6.07, 6.45) is 1.54. The molecule has 1 rings (SSSR count). The fourth-order valence-corrected chi connectivity index (χ4v) is 1.73. The minimum absolute atomic E-state index is 0.140. The van der Waals surface area contributed by atoms with Gasteiger partial charge in [0.05, 0.1) is 0 Å². The van der Waals surface area contributed by atoms with E-state index in [1.165, 1.54) is 5.56 Å². The molecular formula is C13H19NO2S. The molecule has 17 heavy (non-hydrogen) atoms. The van der Waals surface area contributed by atoms with Crippen LogP contribution in [-0.2, 0) is 16.7 Å². The van der Waals surface area contributed by atoms with E-state index in [1.807, 2.05) is 19.1 Å². The predicted molar refractivity (Wildman–Crippen MR) is 72.7 cm³/mol. The molecule has 1 unspecified atom stereocenters. The lowest BCUT2D eigenvalue weighted by atomic mass is 9.86. The monoisotopic (exact) mass is 253 g/mol. The van der Waals surface area contributed by atoms with E-state index in [0.717, 1.165) is 11.1 Å². The Morgan fingerprint density at radius 1 is 1.29 bits per heavy atom. The fraction of sp³-hybridized carbons (Fsp3) is 0.385. The van der Waals surface area contributed by atoms with Crippen molar-refractivity contribution in [1.82, 2.24) is 4.72 Å². The Morgan fingerprint density at radius 2 is 1.82 bits per heavy atom. The van der Waals surface area contributed by atoms with E-state index in [4.69, 9.17) is 4.55 Å². The molecule has 0 aliphatic heterocycles. The highest BCUT2D eigenvalue weighted by Crippen LogP contribution is 2.23. The summed E-state index contributed by atoms with van der Waals surface area (Å²) >= 11 is -2.00. The number of hydrogen-bond donors (Lipinski definition) is 2. The van der Waals surface area contributed by atoms with Gasteiger partial charge in [-0.3, -0.25) is 9.27 Å². The van der Waals surface area contributed by atoms with Gasteiger partial charge in [0.2, 0.25) is 0 Å². The van der Waals surface area contributed by atoms with Crippen LogP contribution in [0.4, 0.5) is 0 Å². The lowest BCUT2D eigenvalue weighted by Gasteiger charge is -2.19. The van der Waals surface area contributed by atoms with Crippen LogP contribution < -0.4 is 4.72 Å². The van der Waals surface area contributed by atoms with E-state index >= 15 is 0 Å². The molecule has 0 fully saturated rings. The van der Waals surface area contributed by atoms with Crippen molar-refractivity contribution in [1.29, 1.82) is 0 Å². The minimum atomic E-state index is -2.00. The van der Waals surface area contributed by atoms with Crippen LogP contribution in [0.1, 0.15) is 38.8 Å². The van der Waals surface area contributed by atoms with Crippen molar-refractivity contribution in [3.05, 3.63) is 41.6 Å². The number of hydrogen-bond acceptors (Lipinski definition) is 1. The van der Waals surface area contributed by atoms with Gasteiger partial charge >= 0.3 is 0 Å². The molecule has 0 radical (unpaired) electrons. The Hall–Kier alpha value is -1.13. The summed E-state index contributed by atoms with van der Waals surface area (Å²) in [5.41, 5.74) is 3.37. The normalized spacial score (nSPS) is 14.5. The van der Waals surface area contributed by atoms with Crippen LogP contribution in [0.25, 0.3) is 5.57 Å². The minimum Gasteiger partial charge on any atom is -0.289 e. The Labute approximate surface area is 105 Å². The summed E-state index contributed by atoms with van der Waals surface area (Å²) in [4.78, 5) is 0. The van der Waals surface area contributed by atoms with Gasteiger partial charge in [-0.2, -0.15) is 0 Å². The zero-order valence-corrected chi connectivity index (χ0v) is 11.5. The summed E-state index contributed by atoms with van der Waals surface area (Å²) in [5, 5.41) is 0. The van der Waals surface area contributed by atoms with Crippen LogP contribution in [0.2, 0.25) is 0 Å². The quantitative estimate of drug-likeness (QED) is 0.813. The molecule has 1 aromatic carbocycles. The molecule has 0 aromatic heterocycles. The molecule has 4 heteroatoms. The SMILES string of the molecule is CC(=CNS(=O)O)c1ccc(C(C)(C)C)cc1. The standard InChI is InChI=1S/C13H19NO2S/c1-10(9-14-17(15)16)11-5-7-12(8-6-11)13(2,3)4/h5-9,14H,1-4H3,(H,15,16).